The SMILES string of the molecule is CCC.O=S1CCN(c2ccn3ncc(-c4cccc(C(F)(F)F)c4)c3n2)CC1. The maximum Gasteiger partial charge on any atom is 0.416 e. The molecule has 0 unspecified atom stereocenters. The quantitative estimate of drug-likeness (QED) is 0.612. The zero-order valence-electron chi connectivity index (χ0n) is 16.3. The van der Waals surface area contributed by atoms with Gasteiger partial charge in [0.25, 0.3) is 0 Å². The van der Waals surface area contributed by atoms with Gasteiger partial charge < -0.3 is 4.90 Å². The Bertz CT molecular complexity index is 993. The van der Waals surface area contributed by atoms with Crippen LogP contribution >= 0.6 is 0 Å². The summed E-state index contributed by atoms with van der Waals surface area (Å²) in [7, 11) is -0.793. The van der Waals surface area contributed by atoms with Crippen LogP contribution in [-0.4, -0.2) is 43.4 Å². The van der Waals surface area contributed by atoms with Crippen molar-refractivity contribution in [3.8, 4) is 11.1 Å². The van der Waals surface area contributed by atoms with E-state index in [2.05, 4.69) is 23.9 Å². The van der Waals surface area contributed by atoms with E-state index < -0.39 is 22.5 Å². The fourth-order valence-corrected chi connectivity index (χ4v) is 4.02. The molecule has 0 aliphatic carbocycles. The van der Waals surface area contributed by atoms with E-state index in [0.717, 1.165) is 12.1 Å². The van der Waals surface area contributed by atoms with Crippen LogP contribution in [0.3, 0.4) is 0 Å². The zero-order chi connectivity index (χ0) is 21.0. The first-order valence-corrected chi connectivity index (χ1v) is 10.9. The number of nitrogens with zero attached hydrogens (tertiary/aromatic N) is 4. The second-order valence-corrected chi connectivity index (χ2v) is 8.43. The Morgan fingerprint density at radius 1 is 1.14 bits per heavy atom. The van der Waals surface area contributed by atoms with Crippen molar-refractivity contribution in [2.45, 2.75) is 26.4 Å². The van der Waals surface area contributed by atoms with E-state index in [9.17, 15) is 17.4 Å². The van der Waals surface area contributed by atoms with Gasteiger partial charge in [-0.25, -0.2) is 9.50 Å². The predicted molar refractivity (Wildman–Crippen MR) is 109 cm³/mol. The van der Waals surface area contributed by atoms with Crippen molar-refractivity contribution in [2.24, 2.45) is 0 Å². The Labute approximate surface area is 170 Å². The van der Waals surface area contributed by atoms with E-state index in [0.29, 0.717) is 47.2 Å². The van der Waals surface area contributed by atoms with Gasteiger partial charge in [-0.1, -0.05) is 32.4 Å². The smallest absolute Gasteiger partial charge is 0.355 e. The fourth-order valence-electron chi connectivity index (χ4n) is 2.97. The minimum atomic E-state index is -4.40. The van der Waals surface area contributed by atoms with Crippen LogP contribution in [0.15, 0.2) is 42.7 Å². The van der Waals surface area contributed by atoms with Gasteiger partial charge >= 0.3 is 6.18 Å². The molecule has 0 spiro atoms. The molecule has 3 aromatic rings. The summed E-state index contributed by atoms with van der Waals surface area (Å²) in [6.07, 6.45) is 0.105. The first-order chi connectivity index (χ1) is 13.8. The molecule has 0 N–H and O–H groups in total. The molecule has 29 heavy (non-hydrogen) atoms. The van der Waals surface area contributed by atoms with Gasteiger partial charge in [0.1, 0.15) is 5.82 Å². The Balaban J connectivity index is 0.000000755. The normalized spacial score (nSPS) is 15.3. The largest absolute Gasteiger partial charge is 0.416 e. The molecule has 156 valence electrons. The summed E-state index contributed by atoms with van der Waals surface area (Å²) in [6, 6.07) is 6.96. The molecule has 3 heterocycles. The lowest BCUT2D eigenvalue weighted by Crippen LogP contribution is -2.38. The van der Waals surface area contributed by atoms with Crippen molar-refractivity contribution in [3.63, 3.8) is 0 Å². The fraction of sp³-hybridized carbons (Fsp3) is 0.400. The van der Waals surface area contributed by atoms with Gasteiger partial charge in [0.2, 0.25) is 0 Å². The Morgan fingerprint density at radius 3 is 2.48 bits per heavy atom. The van der Waals surface area contributed by atoms with Crippen molar-refractivity contribution in [1.82, 2.24) is 14.6 Å². The van der Waals surface area contributed by atoms with Crippen molar-refractivity contribution < 1.29 is 17.4 Å². The molecule has 5 nitrogen and oxygen atoms in total. The van der Waals surface area contributed by atoms with Crippen LogP contribution in [0.4, 0.5) is 19.0 Å². The molecule has 0 bridgehead atoms. The van der Waals surface area contributed by atoms with Crippen LogP contribution < -0.4 is 4.90 Å². The number of alkyl halides is 3. The molecular weight excluding hydrogens is 401 g/mol. The highest BCUT2D eigenvalue weighted by molar-refractivity contribution is 7.85. The van der Waals surface area contributed by atoms with Gasteiger partial charge in [-0.15, -0.1) is 0 Å². The van der Waals surface area contributed by atoms with Crippen LogP contribution in [0.1, 0.15) is 25.8 Å². The number of hydrogen-bond donors (Lipinski definition) is 0. The highest BCUT2D eigenvalue weighted by Gasteiger charge is 2.30. The molecular formula is C20H23F3N4OS. The van der Waals surface area contributed by atoms with Crippen molar-refractivity contribution in [2.75, 3.05) is 29.5 Å². The molecule has 9 heteroatoms. The van der Waals surface area contributed by atoms with Crippen LogP contribution in [-0.2, 0) is 17.0 Å². The first-order valence-electron chi connectivity index (χ1n) is 9.45. The summed E-state index contributed by atoms with van der Waals surface area (Å²) < 4.78 is 52.0. The zero-order valence-corrected chi connectivity index (χ0v) is 17.1. The number of aromatic nitrogens is 3. The highest BCUT2D eigenvalue weighted by Crippen LogP contribution is 2.33. The summed E-state index contributed by atoms with van der Waals surface area (Å²) in [5.74, 6) is 1.89. The lowest BCUT2D eigenvalue weighted by molar-refractivity contribution is -0.137. The average molecular weight is 424 g/mol. The monoisotopic (exact) mass is 424 g/mol. The van der Waals surface area contributed by atoms with E-state index in [1.807, 2.05) is 11.0 Å². The lowest BCUT2D eigenvalue weighted by atomic mass is 10.1. The summed E-state index contributed by atoms with van der Waals surface area (Å²) in [5.41, 5.74) is 0.746. The highest BCUT2D eigenvalue weighted by atomic mass is 32.2. The molecule has 1 saturated heterocycles. The van der Waals surface area contributed by atoms with Gasteiger partial charge in [-0.05, 0) is 23.8 Å². The predicted octanol–water partition coefficient (Wildman–Crippen LogP) is 4.40. The van der Waals surface area contributed by atoms with Gasteiger partial charge in [-0.3, -0.25) is 4.21 Å². The van der Waals surface area contributed by atoms with Gasteiger partial charge in [0.15, 0.2) is 5.65 Å². The third kappa shape index (κ3) is 4.95. The third-order valence-corrected chi connectivity index (χ3v) is 5.63. The minimum Gasteiger partial charge on any atom is -0.355 e. The second kappa shape index (κ2) is 8.94. The number of halogens is 3. The molecule has 1 aromatic carbocycles. The lowest BCUT2D eigenvalue weighted by Gasteiger charge is -2.27. The first kappa shape index (κ1) is 21.3. The number of benzene rings is 1. The second-order valence-electron chi connectivity index (χ2n) is 6.73. The van der Waals surface area contributed by atoms with E-state index in [1.165, 1.54) is 18.7 Å². The number of fused-ring (bicyclic) bond motifs is 1. The van der Waals surface area contributed by atoms with Crippen molar-refractivity contribution in [3.05, 3.63) is 48.3 Å². The van der Waals surface area contributed by atoms with Crippen LogP contribution in [0.2, 0.25) is 0 Å². The number of anilines is 1. The molecule has 0 atom stereocenters. The molecule has 1 fully saturated rings. The summed E-state index contributed by atoms with van der Waals surface area (Å²) in [5, 5.41) is 4.19. The third-order valence-electron chi connectivity index (χ3n) is 4.36. The Hall–Kier alpha value is -2.42. The molecule has 2 aromatic heterocycles. The summed E-state index contributed by atoms with van der Waals surface area (Å²) >= 11 is 0. The molecule has 1 aliphatic rings. The van der Waals surface area contributed by atoms with Crippen molar-refractivity contribution >= 4 is 22.3 Å². The maximum atomic E-state index is 13.0. The Morgan fingerprint density at radius 2 is 1.83 bits per heavy atom. The summed E-state index contributed by atoms with van der Waals surface area (Å²) in [6.45, 7) is 5.53. The van der Waals surface area contributed by atoms with Crippen LogP contribution in [0.5, 0.6) is 0 Å². The summed E-state index contributed by atoms with van der Waals surface area (Å²) in [4.78, 5) is 6.63. The van der Waals surface area contributed by atoms with E-state index >= 15 is 0 Å². The molecule has 4 rings (SSSR count). The van der Waals surface area contributed by atoms with Crippen molar-refractivity contribution in [1.29, 1.82) is 0 Å². The number of rotatable bonds is 2. The molecule has 0 amide bonds. The molecule has 0 radical (unpaired) electrons. The standard InChI is InChI=1S/C17H15F3N4OS.C3H8/c18-17(19,20)13-3-1-2-12(10-13)14-11-21-24-5-4-15(22-16(14)24)23-6-8-26(25)9-7-23;1-3-2/h1-5,10-11H,6-9H2;3H2,1-2H3. The number of hydrogen-bond acceptors (Lipinski definition) is 4. The van der Waals surface area contributed by atoms with Gasteiger partial charge in [0, 0.05) is 47.2 Å². The maximum absolute atomic E-state index is 13.0. The topological polar surface area (TPSA) is 50.5 Å². The molecule has 1 aliphatic heterocycles. The minimum absolute atomic E-state index is 0.416. The molecule has 0 saturated carbocycles. The van der Waals surface area contributed by atoms with Crippen LogP contribution in [0.25, 0.3) is 16.8 Å². The van der Waals surface area contributed by atoms with E-state index in [1.54, 1.807) is 16.8 Å². The van der Waals surface area contributed by atoms with E-state index in [4.69, 9.17) is 0 Å². The van der Waals surface area contributed by atoms with Gasteiger partial charge in [0.05, 0.1) is 11.8 Å². The average Bonchev–Trinajstić information content (AvgIpc) is 3.12. The van der Waals surface area contributed by atoms with Crippen LogP contribution in [0, 0.1) is 0 Å². The van der Waals surface area contributed by atoms with E-state index in [-0.39, 0.29) is 0 Å². The van der Waals surface area contributed by atoms with Gasteiger partial charge in [-0.2, -0.15) is 18.3 Å². The Kier molecular flexibility index (Phi) is 6.56.